The molecule has 2 amide bonds. The zero-order valence-corrected chi connectivity index (χ0v) is 11.2. The lowest BCUT2D eigenvalue weighted by Gasteiger charge is -2.27. The number of ether oxygens (including phenoxy) is 1. The van der Waals surface area contributed by atoms with Gasteiger partial charge in [-0.25, -0.2) is 4.79 Å². The van der Waals surface area contributed by atoms with E-state index in [1.54, 1.807) is 13.8 Å². The average molecular weight is 258 g/mol. The highest BCUT2D eigenvalue weighted by Gasteiger charge is 2.34. The Morgan fingerprint density at radius 1 is 1.50 bits per heavy atom. The number of hydrogen-bond donors (Lipinski definition) is 3. The van der Waals surface area contributed by atoms with Crippen molar-refractivity contribution < 1.29 is 19.4 Å². The van der Waals surface area contributed by atoms with E-state index < -0.39 is 11.4 Å². The number of nitrogens with one attached hydrogen (secondary N) is 2. The van der Waals surface area contributed by atoms with Crippen LogP contribution in [-0.4, -0.2) is 42.4 Å². The Bertz CT molecular complexity index is 326. The number of carboxylic acid groups (broad SMARTS) is 1. The Kier molecular flexibility index (Phi) is 4.56. The van der Waals surface area contributed by atoms with Gasteiger partial charge >= 0.3 is 12.0 Å². The molecule has 0 saturated carbocycles. The number of carboxylic acids is 1. The first kappa shape index (κ1) is 14.8. The van der Waals surface area contributed by atoms with Crippen LogP contribution in [0, 0.1) is 5.41 Å². The molecule has 1 heterocycles. The number of carbonyl (C=O) groups is 2. The molecule has 0 aromatic heterocycles. The Hall–Kier alpha value is -1.30. The molecular weight excluding hydrogens is 236 g/mol. The lowest BCUT2D eigenvalue weighted by Crippen LogP contribution is -2.53. The average Bonchev–Trinajstić information content (AvgIpc) is 2.72. The van der Waals surface area contributed by atoms with E-state index in [9.17, 15) is 9.59 Å². The van der Waals surface area contributed by atoms with E-state index in [-0.39, 0.29) is 18.1 Å². The van der Waals surface area contributed by atoms with Crippen LogP contribution in [0.5, 0.6) is 0 Å². The molecule has 0 aromatic carbocycles. The fourth-order valence-corrected chi connectivity index (χ4v) is 1.71. The van der Waals surface area contributed by atoms with Crippen LogP contribution in [0.15, 0.2) is 0 Å². The van der Waals surface area contributed by atoms with Crippen LogP contribution in [-0.2, 0) is 9.53 Å². The van der Waals surface area contributed by atoms with Gasteiger partial charge in [0.25, 0.3) is 0 Å². The standard InChI is InChI=1S/C12H22N2O4/c1-4-11(2,9(15)16)7-13-10(17)14-12(3)5-6-18-8-12/h4-8H2,1-3H3,(H,15,16)(H2,13,14,17). The molecule has 3 N–H and O–H groups in total. The molecule has 1 fully saturated rings. The maximum atomic E-state index is 11.7. The van der Waals surface area contributed by atoms with Gasteiger partial charge in [-0.1, -0.05) is 6.92 Å². The van der Waals surface area contributed by atoms with Gasteiger partial charge in [0.1, 0.15) is 0 Å². The molecule has 0 aliphatic carbocycles. The SMILES string of the molecule is CCC(C)(CNC(=O)NC1(C)CCOC1)C(=O)O. The Morgan fingerprint density at radius 3 is 2.61 bits per heavy atom. The van der Waals surface area contributed by atoms with Gasteiger partial charge in [0.2, 0.25) is 0 Å². The molecular formula is C12H22N2O4. The van der Waals surface area contributed by atoms with Gasteiger partial charge in [-0.15, -0.1) is 0 Å². The first-order valence-corrected chi connectivity index (χ1v) is 6.18. The normalized spacial score (nSPS) is 26.4. The van der Waals surface area contributed by atoms with Gasteiger partial charge in [-0.2, -0.15) is 0 Å². The molecule has 1 saturated heterocycles. The molecule has 0 bridgehead atoms. The van der Waals surface area contributed by atoms with Crippen LogP contribution in [0.2, 0.25) is 0 Å². The molecule has 104 valence electrons. The number of hydrogen-bond acceptors (Lipinski definition) is 3. The van der Waals surface area contributed by atoms with Crippen molar-refractivity contribution in [3.8, 4) is 0 Å². The van der Waals surface area contributed by atoms with E-state index in [0.717, 1.165) is 6.42 Å². The van der Waals surface area contributed by atoms with Crippen molar-refractivity contribution in [2.24, 2.45) is 5.41 Å². The first-order valence-electron chi connectivity index (χ1n) is 6.18. The predicted molar refractivity (Wildman–Crippen MR) is 66.4 cm³/mol. The number of rotatable bonds is 5. The van der Waals surface area contributed by atoms with E-state index in [2.05, 4.69) is 10.6 Å². The van der Waals surface area contributed by atoms with Crippen LogP contribution in [0.3, 0.4) is 0 Å². The van der Waals surface area contributed by atoms with E-state index in [1.807, 2.05) is 6.92 Å². The maximum absolute atomic E-state index is 11.7. The second kappa shape index (κ2) is 5.56. The minimum Gasteiger partial charge on any atom is -0.481 e. The highest BCUT2D eigenvalue weighted by atomic mass is 16.5. The molecule has 1 aliphatic rings. The van der Waals surface area contributed by atoms with Gasteiger partial charge in [0.15, 0.2) is 0 Å². The van der Waals surface area contributed by atoms with Crippen molar-refractivity contribution in [2.75, 3.05) is 19.8 Å². The first-order chi connectivity index (χ1) is 8.31. The molecule has 0 spiro atoms. The van der Waals surface area contributed by atoms with Gasteiger partial charge in [-0.3, -0.25) is 4.79 Å². The summed E-state index contributed by atoms with van der Waals surface area (Å²) in [6.07, 6.45) is 1.23. The molecule has 1 rings (SSSR count). The lowest BCUT2D eigenvalue weighted by atomic mass is 9.88. The summed E-state index contributed by atoms with van der Waals surface area (Å²) in [5.41, 5.74) is -1.28. The second-order valence-electron chi connectivity index (χ2n) is 5.39. The third-order valence-corrected chi connectivity index (χ3v) is 3.57. The van der Waals surface area contributed by atoms with Crippen molar-refractivity contribution in [1.29, 1.82) is 0 Å². The number of amides is 2. The van der Waals surface area contributed by atoms with Crippen molar-refractivity contribution in [3.63, 3.8) is 0 Å². The largest absolute Gasteiger partial charge is 0.481 e. The quantitative estimate of drug-likeness (QED) is 0.685. The molecule has 6 heteroatoms. The zero-order chi connectivity index (χ0) is 13.8. The van der Waals surface area contributed by atoms with Crippen molar-refractivity contribution in [2.45, 2.75) is 39.2 Å². The number of urea groups is 1. The highest BCUT2D eigenvalue weighted by molar-refractivity contribution is 5.78. The Morgan fingerprint density at radius 2 is 2.17 bits per heavy atom. The lowest BCUT2D eigenvalue weighted by molar-refractivity contribution is -0.147. The summed E-state index contributed by atoms with van der Waals surface area (Å²) in [5, 5.41) is 14.5. The highest BCUT2D eigenvalue weighted by Crippen LogP contribution is 2.20. The molecule has 18 heavy (non-hydrogen) atoms. The molecule has 0 radical (unpaired) electrons. The number of carbonyl (C=O) groups excluding carboxylic acids is 1. The predicted octanol–water partition coefficient (Wildman–Crippen LogP) is 0.965. The summed E-state index contributed by atoms with van der Waals surface area (Å²) >= 11 is 0. The Balaban J connectivity index is 2.43. The molecule has 0 aromatic rings. The number of aliphatic carboxylic acids is 1. The molecule has 6 nitrogen and oxygen atoms in total. The fourth-order valence-electron chi connectivity index (χ4n) is 1.71. The van der Waals surface area contributed by atoms with E-state index in [4.69, 9.17) is 9.84 Å². The third kappa shape index (κ3) is 3.60. The van der Waals surface area contributed by atoms with Crippen molar-refractivity contribution in [3.05, 3.63) is 0 Å². The second-order valence-corrected chi connectivity index (χ2v) is 5.39. The molecule has 1 aliphatic heterocycles. The monoisotopic (exact) mass is 258 g/mol. The maximum Gasteiger partial charge on any atom is 0.315 e. The topological polar surface area (TPSA) is 87.7 Å². The van der Waals surface area contributed by atoms with Crippen molar-refractivity contribution >= 4 is 12.0 Å². The smallest absolute Gasteiger partial charge is 0.315 e. The minimum atomic E-state index is -0.926. The fraction of sp³-hybridized carbons (Fsp3) is 0.833. The van der Waals surface area contributed by atoms with E-state index in [0.29, 0.717) is 19.6 Å². The van der Waals surface area contributed by atoms with Crippen LogP contribution in [0.1, 0.15) is 33.6 Å². The molecule has 2 atom stereocenters. The van der Waals surface area contributed by atoms with E-state index in [1.165, 1.54) is 0 Å². The third-order valence-electron chi connectivity index (χ3n) is 3.57. The zero-order valence-electron chi connectivity index (χ0n) is 11.2. The summed E-state index contributed by atoms with van der Waals surface area (Å²) in [7, 11) is 0. The van der Waals surface area contributed by atoms with Gasteiger partial charge in [-0.05, 0) is 26.7 Å². The van der Waals surface area contributed by atoms with E-state index >= 15 is 0 Å². The Labute approximate surface area is 107 Å². The van der Waals surface area contributed by atoms with Crippen molar-refractivity contribution in [1.82, 2.24) is 10.6 Å². The van der Waals surface area contributed by atoms with Crippen LogP contribution in [0.25, 0.3) is 0 Å². The molecule has 2 unspecified atom stereocenters. The summed E-state index contributed by atoms with van der Waals surface area (Å²) in [4.78, 5) is 22.8. The van der Waals surface area contributed by atoms with Crippen LogP contribution < -0.4 is 10.6 Å². The van der Waals surface area contributed by atoms with Gasteiger partial charge in [0.05, 0.1) is 17.6 Å². The summed E-state index contributed by atoms with van der Waals surface area (Å²) in [6, 6.07) is -0.344. The summed E-state index contributed by atoms with van der Waals surface area (Å²) < 4.78 is 5.23. The summed E-state index contributed by atoms with van der Waals surface area (Å²) in [6.45, 7) is 6.57. The summed E-state index contributed by atoms with van der Waals surface area (Å²) in [5.74, 6) is -0.902. The van der Waals surface area contributed by atoms with Gasteiger partial charge in [0, 0.05) is 13.2 Å². The van der Waals surface area contributed by atoms with Gasteiger partial charge < -0.3 is 20.5 Å². The minimum absolute atomic E-state index is 0.113. The van der Waals surface area contributed by atoms with Crippen LogP contribution >= 0.6 is 0 Å². The van der Waals surface area contributed by atoms with Crippen LogP contribution in [0.4, 0.5) is 4.79 Å².